The standard InChI is InChI=1S/C16H12N4O3S/c1-22-12-4-2-10(3-5-12)13-8-18-14(23-13)9-24-16-19-7-11(6-17)15(21)20-16/h2-5,7-8H,9H2,1H3,(H,19,20,21). The van der Waals surface area contributed by atoms with Gasteiger partial charge in [-0.05, 0) is 24.3 Å². The van der Waals surface area contributed by atoms with Crippen LogP contribution in [0.2, 0.25) is 0 Å². The zero-order valence-electron chi connectivity index (χ0n) is 12.6. The van der Waals surface area contributed by atoms with Crippen molar-refractivity contribution >= 4 is 11.8 Å². The van der Waals surface area contributed by atoms with Crippen LogP contribution in [0.25, 0.3) is 11.3 Å². The van der Waals surface area contributed by atoms with Gasteiger partial charge >= 0.3 is 0 Å². The van der Waals surface area contributed by atoms with E-state index in [9.17, 15) is 5.11 Å². The number of methoxy groups -OCH3 is 1. The fourth-order valence-electron chi connectivity index (χ4n) is 1.90. The summed E-state index contributed by atoms with van der Waals surface area (Å²) in [5.74, 6) is 2.00. The molecule has 0 bridgehead atoms. The number of aromatic hydroxyl groups is 1. The fraction of sp³-hybridized carbons (Fsp3) is 0.125. The van der Waals surface area contributed by atoms with Gasteiger partial charge in [0.1, 0.15) is 17.4 Å². The Balaban J connectivity index is 1.67. The third-order valence-corrected chi connectivity index (χ3v) is 3.97. The van der Waals surface area contributed by atoms with Crippen LogP contribution in [0.5, 0.6) is 11.6 Å². The fourth-order valence-corrected chi connectivity index (χ4v) is 2.56. The molecule has 7 nitrogen and oxygen atoms in total. The second-order valence-electron chi connectivity index (χ2n) is 4.64. The van der Waals surface area contributed by atoms with E-state index in [1.54, 1.807) is 19.4 Å². The molecule has 0 unspecified atom stereocenters. The third-order valence-electron chi connectivity index (χ3n) is 3.12. The van der Waals surface area contributed by atoms with E-state index in [1.807, 2.05) is 24.3 Å². The van der Waals surface area contributed by atoms with E-state index in [-0.39, 0.29) is 11.4 Å². The maximum absolute atomic E-state index is 9.55. The Hall–Kier alpha value is -3.05. The van der Waals surface area contributed by atoms with Crippen molar-refractivity contribution in [3.8, 4) is 29.0 Å². The summed E-state index contributed by atoms with van der Waals surface area (Å²) in [5.41, 5.74) is 0.934. The number of rotatable bonds is 5. The lowest BCUT2D eigenvalue weighted by Crippen LogP contribution is -1.90. The molecule has 120 valence electrons. The summed E-state index contributed by atoms with van der Waals surface area (Å²) in [4.78, 5) is 12.1. The monoisotopic (exact) mass is 340 g/mol. The van der Waals surface area contributed by atoms with E-state index in [1.165, 1.54) is 18.0 Å². The van der Waals surface area contributed by atoms with Crippen molar-refractivity contribution in [2.45, 2.75) is 10.9 Å². The second kappa shape index (κ2) is 7.02. The van der Waals surface area contributed by atoms with Gasteiger partial charge in [0.15, 0.2) is 10.9 Å². The van der Waals surface area contributed by atoms with Gasteiger partial charge in [-0.3, -0.25) is 0 Å². The molecule has 2 heterocycles. The van der Waals surface area contributed by atoms with E-state index in [0.29, 0.717) is 22.6 Å². The molecule has 8 heteroatoms. The number of thioether (sulfide) groups is 1. The van der Waals surface area contributed by atoms with Crippen molar-refractivity contribution in [2.75, 3.05) is 7.11 Å². The van der Waals surface area contributed by atoms with Crippen LogP contribution in [0.15, 0.2) is 46.2 Å². The number of aromatic nitrogens is 3. The van der Waals surface area contributed by atoms with E-state index >= 15 is 0 Å². The molecule has 0 spiro atoms. The lowest BCUT2D eigenvalue weighted by molar-refractivity contribution is 0.415. The lowest BCUT2D eigenvalue weighted by atomic mass is 10.2. The minimum absolute atomic E-state index is 0.0391. The third kappa shape index (κ3) is 3.47. The molecule has 0 aliphatic rings. The number of ether oxygens (including phenoxy) is 1. The van der Waals surface area contributed by atoms with Crippen LogP contribution in [0.3, 0.4) is 0 Å². The molecule has 2 aromatic heterocycles. The SMILES string of the molecule is COc1ccc(-c2cnc(CSc3ncc(C#N)c(O)n3)o2)cc1. The zero-order chi connectivity index (χ0) is 16.9. The highest BCUT2D eigenvalue weighted by molar-refractivity contribution is 7.98. The molecule has 0 saturated heterocycles. The van der Waals surface area contributed by atoms with Gasteiger partial charge in [-0.2, -0.15) is 10.2 Å². The van der Waals surface area contributed by atoms with Gasteiger partial charge in [0.2, 0.25) is 11.8 Å². The van der Waals surface area contributed by atoms with Gasteiger partial charge < -0.3 is 14.3 Å². The number of hydrogen-bond acceptors (Lipinski definition) is 8. The average molecular weight is 340 g/mol. The zero-order valence-corrected chi connectivity index (χ0v) is 13.4. The summed E-state index contributed by atoms with van der Waals surface area (Å²) < 4.78 is 10.8. The highest BCUT2D eigenvalue weighted by Gasteiger charge is 2.10. The van der Waals surface area contributed by atoms with E-state index in [2.05, 4.69) is 15.0 Å². The molecule has 0 amide bonds. The lowest BCUT2D eigenvalue weighted by Gasteiger charge is -2.00. The summed E-state index contributed by atoms with van der Waals surface area (Å²) in [6.07, 6.45) is 2.93. The van der Waals surface area contributed by atoms with Crippen molar-refractivity contribution in [3.63, 3.8) is 0 Å². The first-order valence-electron chi connectivity index (χ1n) is 6.87. The molecule has 0 aliphatic heterocycles. The quantitative estimate of drug-likeness (QED) is 0.558. The summed E-state index contributed by atoms with van der Waals surface area (Å²) in [5, 5.41) is 18.6. The van der Waals surface area contributed by atoms with Gasteiger partial charge in [-0.25, -0.2) is 9.97 Å². The highest BCUT2D eigenvalue weighted by atomic mass is 32.2. The number of nitrogens with zero attached hydrogens (tertiary/aromatic N) is 4. The molecular weight excluding hydrogens is 328 g/mol. The molecule has 0 aliphatic carbocycles. The van der Waals surface area contributed by atoms with E-state index in [4.69, 9.17) is 14.4 Å². The first-order chi connectivity index (χ1) is 11.7. The van der Waals surface area contributed by atoms with Crippen LogP contribution < -0.4 is 4.74 Å². The molecule has 0 radical (unpaired) electrons. The molecule has 1 aromatic carbocycles. The first kappa shape index (κ1) is 15.8. The molecule has 3 aromatic rings. The summed E-state index contributed by atoms with van der Waals surface area (Å²) in [7, 11) is 1.61. The Kier molecular flexibility index (Phi) is 4.63. The van der Waals surface area contributed by atoms with E-state index in [0.717, 1.165) is 11.3 Å². The van der Waals surface area contributed by atoms with Crippen molar-refractivity contribution in [2.24, 2.45) is 0 Å². The maximum Gasteiger partial charge on any atom is 0.233 e. The van der Waals surface area contributed by atoms with E-state index < -0.39 is 0 Å². The number of nitriles is 1. The van der Waals surface area contributed by atoms with Crippen LogP contribution in [0.1, 0.15) is 11.5 Å². The van der Waals surface area contributed by atoms with Crippen LogP contribution >= 0.6 is 11.8 Å². The van der Waals surface area contributed by atoms with Gasteiger partial charge in [-0.1, -0.05) is 11.8 Å². The van der Waals surface area contributed by atoms with Gasteiger partial charge in [0.25, 0.3) is 0 Å². The molecule has 0 fully saturated rings. The minimum Gasteiger partial charge on any atom is -0.497 e. The van der Waals surface area contributed by atoms with Crippen molar-refractivity contribution < 1.29 is 14.3 Å². The maximum atomic E-state index is 9.55. The molecule has 3 rings (SSSR count). The van der Waals surface area contributed by atoms with Gasteiger partial charge in [-0.15, -0.1) is 0 Å². The summed E-state index contributed by atoms with van der Waals surface area (Å²) >= 11 is 1.25. The largest absolute Gasteiger partial charge is 0.497 e. The second-order valence-corrected chi connectivity index (χ2v) is 5.58. The van der Waals surface area contributed by atoms with Crippen LogP contribution in [-0.2, 0) is 5.75 Å². The topological polar surface area (TPSA) is 105 Å². The highest BCUT2D eigenvalue weighted by Crippen LogP contribution is 2.26. The van der Waals surface area contributed by atoms with Crippen LogP contribution in [0, 0.1) is 11.3 Å². The van der Waals surface area contributed by atoms with Gasteiger partial charge in [0.05, 0.1) is 25.3 Å². The molecular formula is C16H12N4O3S. The number of benzene rings is 1. The Morgan fingerprint density at radius 1 is 1.25 bits per heavy atom. The molecule has 1 N–H and O–H groups in total. The Labute approximate surface area is 142 Å². The number of hydrogen-bond donors (Lipinski definition) is 1. The Morgan fingerprint density at radius 3 is 2.71 bits per heavy atom. The van der Waals surface area contributed by atoms with Crippen molar-refractivity contribution in [1.29, 1.82) is 5.26 Å². The van der Waals surface area contributed by atoms with Crippen molar-refractivity contribution in [3.05, 3.63) is 48.1 Å². The first-order valence-corrected chi connectivity index (χ1v) is 7.86. The smallest absolute Gasteiger partial charge is 0.233 e. The van der Waals surface area contributed by atoms with Crippen LogP contribution in [0.4, 0.5) is 0 Å². The summed E-state index contributed by atoms with van der Waals surface area (Å²) in [6.45, 7) is 0. The van der Waals surface area contributed by atoms with Crippen LogP contribution in [-0.4, -0.2) is 27.2 Å². The predicted octanol–water partition coefficient (Wildman–Crippen LogP) is 3.01. The molecule has 0 atom stereocenters. The van der Waals surface area contributed by atoms with Gasteiger partial charge in [0, 0.05) is 5.56 Å². The Morgan fingerprint density at radius 2 is 2.04 bits per heavy atom. The number of oxazole rings is 1. The Bertz CT molecular complexity index is 887. The minimum atomic E-state index is -0.332. The summed E-state index contributed by atoms with van der Waals surface area (Å²) in [6, 6.07) is 9.27. The normalized spacial score (nSPS) is 10.3. The molecule has 0 saturated carbocycles. The average Bonchev–Trinajstić information content (AvgIpc) is 3.09. The predicted molar refractivity (Wildman–Crippen MR) is 86.5 cm³/mol. The molecule has 24 heavy (non-hydrogen) atoms. The van der Waals surface area contributed by atoms with Crippen molar-refractivity contribution in [1.82, 2.24) is 15.0 Å².